The summed E-state index contributed by atoms with van der Waals surface area (Å²) in [4.78, 5) is 34.2. The Kier molecular flexibility index (Phi) is 14.9. The Morgan fingerprint density at radius 2 is 0.915 bits per heavy atom. The van der Waals surface area contributed by atoms with Crippen molar-refractivity contribution in [2.45, 2.75) is 20.8 Å². The first-order valence-electron chi connectivity index (χ1n) is 13.7. The number of amides is 3. The van der Waals surface area contributed by atoms with E-state index in [-0.39, 0.29) is 36.1 Å². The van der Waals surface area contributed by atoms with E-state index in [2.05, 4.69) is 47.2 Å². The summed E-state index contributed by atoms with van der Waals surface area (Å²) in [5.74, 6) is 0.835. The molecule has 3 aromatic rings. The van der Waals surface area contributed by atoms with Crippen molar-refractivity contribution in [3.8, 4) is 17.2 Å². The average Bonchev–Trinajstić information content (AvgIpc) is 3.01. The van der Waals surface area contributed by atoms with E-state index in [1.54, 1.807) is 54.6 Å². The Labute approximate surface area is 278 Å². The van der Waals surface area contributed by atoms with Gasteiger partial charge < -0.3 is 30.2 Å². The SMILES string of the molecule is COc1cc(NC(C)=O)ccc1C=NN=C(NN=Cc1ccc(NC(C)=O)cc1OC)NN=Cc1ccc(NC(C)=O)cc1OC.Cl. The summed E-state index contributed by atoms with van der Waals surface area (Å²) in [7, 11) is 4.51. The zero-order valence-electron chi connectivity index (χ0n) is 26.6. The zero-order valence-corrected chi connectivity index (χ0v) is 27.4. The molecule has 0 aliphatic carbocycles. The molecule has 0 spiro atoms. The summed E-state index contributed by atoms with van der Waals surface area (Å²) in [6.07, 6.45) is 4.45. The monoisotopic (exact) mass is 665 g/mol. The normalized spacial score (nSPS) is 10.6. The third kappa shape index (κ3) is 12.2. The standard InChI is InChI=1S/C31H35N9O6.ClH/c1-19(41)35-25-10-7-22(28(13-25)44-4)16-32-38-31(39-33-17-23-8-11-26(36-20(2)42)14-29(23)45-5)40-34-18-24-9-12-27(37-21(3)43)15-30(24)46-6;/h7-18H,1-6H3,(H,35,41)(H,36,42)(H,37,43)(H2,38,39,40);1H. The number of carbonyl (C=O) groups excluding carboxylic acids is 3. The van der Waals surface area contributed by atoms with Gasteiger partial charge in [-0.3, -0.25) is 14.4 Å². The van der Waals surface area contributed by atoms with Crippen molar-refractivity contribution >= 4 is 71.8 Å². The van der Waals surface area contributed by atoms with Gasteiger partial charge in [-0.2, -0.15) is 15.3 Å². The molecular formula is C31H36ClN9O6. The minimum Gasteiger partial charge on any atom is -0.496 e. The van der Waals surface area contributed by atoms with Crippen LogP contribution in [0.3, 0.4) is 0 Å². The number of hydrogen-bond acceptors (Lipinski definition) is 10. The predicted molar refractivity (Wildman–Crippen MR) is 186 cm³/mol. The maximum atomic E-state index is 11.4. The molecule has 15 nitrogen and oxygen atoms in total. The highest BCUT2D eigenvalue weighted by atomic mass is 35.5. The van der Waals surface area contributed by atoms with Gasteiger partial charge in [-0.1, -0.05) is 0 Å². The lowest BCUT2D eigenvalue weighted by Gasteiger charge is -2.09. The van der Waals surface area contributed by atoms with Crippen molar-refractivity contribution in [3.63, 3.8) is 0 Å². The first-order chi connectivity index (χ1) is 22.1. The minimum absolute atomic E-state index is 0. The van der Waals surface area contributed by atoms with Crippen LogP contribution in [0, 0.1) is 0 Å². The van der Waals surface area contributed by atoms with Crippen LogP contribution in [-0.4, -0.2) is 63.7 Å². The van der Waals surface area contributed by atoms with Gasteiger partial charge in [0.1, 0.15) is 17.2 Å². The van der Waals surface area contributed by atoms with Gasteiger partial charge >= 0.3 is 0 Å². The number of nitrogens with one attached hydrogen (secondary N) is 5. The molecule has 0 saturated heterocycles. The number of ether oxygens (including phenoxy) is 3. The van der Waals surface area contributed by atoms with Crippen LogP contribution in [0.1, 0.15) is 37.5 Å². The largest absolute Gasteiger partial charge is 0.496 e. The Hall–Kier alpha value is -5.96. The van der Waals surface area contributed by atoms with Crippen molar-refractivity contribution < 1.29 is 28.6 Å². The van der Waals surface area contributed by atoms with E-state index >= 15 is 0 Å². The van der Waals surface area contributed by atoms with E-state index < -0.39 is 0 Å². The molecule has 0 heterocycles. The lowest BCUT2D eigenvalue weighted by molar-refractivity contribution is -0.115. The number of benzene rings is 3. The first-order valence-corrected chi connectivity index (χ1v) is 13.7. The average molecular weight is 666 g/mol. The second-order valence-electron chi connectivity index (χ2n) is 9.35. The van der Waals surface area contributed by atoms with Crippen molar-refractivity contribution in [2.75, 3.05) is 37.3 Å². The van der Waals surface area contributed by atoms with Crippen LogP contribution in [0.2, 0.25) is 0 Å². The number of anilines is 3. The number of hydrazone groups is 2. The van der Waals surface area contributed by atoms with Gasteiger partial charge in [0.25, 0.3) is 5.96 Å². The number of hydrogen-bond donors (Lipinski definition) is 5. The fraction of sp³-hybridized carbons (Fsp3) is 0.194. The molecule has 0 saturated carbocycles. The topological polar surface area (TPSA) is 188 Å². The molecule has 0 aromatic heterocycles. The molecule has 3 rings (SSSR count). The van der Waals surface area contributed by atoms with Crippen LogP contribution < -0.4 is 41.0 Å². The smallest absolute Gasteiger partial charge is 0.257 e. The van der Waals surface area contributed by atoms with Crippen molar-refractivity contribution in [3.05, 3.63) is 71.3 Å². The summed E-state index contributed by atoms with van der Waals surface area (Å²) in [6.45, 7) is 4.24. The van der Waals surface area contributed by atoms with E-state index in [1.807, 2.05) is 0 Å². The highest BCUT2D eigenvalue weighted by molar-refractivity contribution is 5.94. The van der Waals surface area contributed by atoms with Gasteiger partial charge in [-0.25, -0.2) is 10.9 Å². The van der Waals surface area contributed by atoms with Crippen LogP contribution in [0.5, 0.6) is 17.2 Å². The second-order valence-corrected chi connectivity index (χ2v) is 9.35. The van der Waals surface area contributed by atoms with Crippen LogP contribution in [0.15, 0.2) is 75.0 Å². The number of halogens is 1. The molecule has 248 valence electrons. The Morgan fingerprint density at radius 1 is 0.574 bits per heavy atom. The van der Waals surface area contributed by atoms with Gasteiger partial charge in [0.2, 0.25) is 17.7 Å². The lowest BCUT2D eigenvalue weighted by atomic mass is 10.2. The predicted octanol–water partition coefficient (Wildman–Crippen LogP) is 3.95. The fourth-order valence-corrected chi connectivity index (χ4v) is 3.84. The summed E-state index contributed by atoms with van der Waals surface area (Å²) in [6, 6.07) is 15.3. The number of rotatable bonds is 12. The summed E-state index contributed by atoms with van der Waals surface area (Å²) < 4.78 is 16.3. The van der Waals surface area contributed by atoms with Crippen LogP contribution in [0.25, 0.3) is 0 Å². The molecule has 3 amide bonds. The van der Waals surface area contributed by atoms with E-state index in [1.165, 1.54) is 60.7 Å². The maximum Gasteiger partial charge on any atom is 0.257 e. The number of guanidine groups is 1. The molecule has 5 N–H and O–H groups in total. The van der Waals surface area contributed by atoms with E-state index in [0.717, 1.165) is 0 Å². The van der Waals surface area contributed by atoms with Gasteiger partial charge in [-0.05, 0) is 36.4 Å². The third-order valence-corrected chi connectivity index (χ3v) is 5.76. The summed E-state index contributed by atoms with van der Waals surface area (Å²) in [5, 5.41) is 24.8. The second kappa shape index (κ2) is 18.8. The van der Waals surface area contributed by atoms with E-state index in [9.17, 15) is 14.4 Å². The molecule has 0 radical (unpaired) electrons. The van der Waals surface area contributed by atoms with Crippen molar-refractivity contribution in [1.29, 1.82) is 0 Å². The van der Waals surface area contributed by atoms with Crippen LogP contribution in [-0.2, 0) is 14.4 Å². The third-order valence-electron chi connectivity index (χ3n) is 5.76. The summed E-state index contributed by atoms with van der Waals surface area (Å²) in [5.41, 5.74) is 9.05. The Bertz CT molecular complexity index is 1610. The Morgan fingerprint density at radius 3 is 1.23 bits per heavy atom. The molecule has 0 fully saturated rings. The summed E-state index contributed by atoms with van der Waals surface area (Å²) >= 11 is 0. The fourth-order valence-electron chi connectivity index (χ4n) is 3.84. The molecule has 0 aliphatic rings. The van der Waals surface area contributed by atoms with Crippen LogP contribution >= 0.6 is 12.4 Å². The quantitative estimate of drug-likeness (QED) is 0.109. The first kappa shape index (κ1) is 37.2. The van der Waals surface area contributed by atoms with Gasteiger partial charge in [0.15, 0.2) is 0 Å². The van der Waals surface area contributed by atoms with E-state index in [4.69, 9.17) is 14.2 Å². The number of nitrogens with zero attached hydrogens (tertiary/aromatic N) is 4. The van der Waals surface area contributed by atoms with Gasteiger partial charge in [0.05, 0.1) is 40.0 Å². The van der Waals surface area contributed by atoms with Crippen molar-refractivity contribution in [2.24, 2.45) is 20.4 Å². The highest BCUT2D eigenvalue weighted by Gasteiger charge is 2.07. The molecular weight excluding hydrogens is 630 g/mol. The lowest BCUT2D eigenvalue weighted by Crippen LogP contribution is -2.30. The molecule has 0 atom stereocenters. The Balaban J connectivity index is 0.00000768. The van der Waals surface area contributed by atoms with Gasteiger partial charge in [-0.15, -0.1) is 17.5 Å². The minimum atomic E-state index is -0.210. The molecule has 0 aliphatic heterocycles. The number of carbonyl (C=O) groups is 3. The maximum absolute atomic E-state index is 11.4. The van der Waals surface area contributed by atoms with Crippen LogP contribution in [0.4, 0.5) is 17.1 Å². The molecule has 0 unspecified atom stereocenters. The molecule has 0 bridgehead atoms. The number of methoxy groups -OCH3 is 3. The highest BCUT2D eigenvalue weighted by Crippen LogP contribution is 2.23. The molecule has 16 heteroatoms. The van der Waals surface area contributed by atoms with Gasteiger partial charge in [0, 0.05) is 72.7 Å². The molecule has 3 aromatic carbocycles. The zero-order chi connectivity index (χ0) is 33.5. The van der Waals surface area contributed by atoms with E-state index in [0.29, 0.717) is 51.0 Å². The van der Waals surface area contributed by atoms with Crippen molar-refractivity contribution in [1.82, 2.24) is 10.9 Å². The molecule has 47 heavy (non-hydrogen) atoms.